The van der Waals surface area contributed by atoms with Crippen molar-refractivity contribution in [2.45, 2.75) is 38.6 Å². The van der Waals surface area contributed by atoms with Crippen LogP contribution in [0.4, 0.5) is 5.69 Å². The zero-order chi connectivity index (χ0) is 18.0. The molecule has 3 atom stereocenters. The van der Waals surface area contributed by atoms with Crippen LogP contribution in [0.2, 0.25) is 0 Å². The lowest BCUT2D eigenvalue weighted by Gasteiger charge is -2.27. The third kappa shape index (κ3) is 4.08. The van der Waals surface area contributed by atoms with Gasteiger partial charge in [0.25, 0.3) is 0 Å². The van der Waals surface area contributed by atoms with Crippen molar-refractivity contribution in [2.75, 3.05) is 23.7 Å². The third-order valence-electron chi connectivity index (χ3n) is 5.21. The Morgan fingerprint density at radius 3 is 2.64 bits per heavy atom. The van der Waals surface area contributed by atoms with Crippen LogP contribution in [0, 0.1) is 11.8 Å². The average Bonchev–Trinajstić information content (AvgIpc) is 3.15. The Labute approximate surface area is 149 Å². The first-order chi connectivity index (χ1) is 11.9. The summed E-state index contributed by atoms with van der Waals surface area (Å²) in [6.45, 7) is 2.03. The predicted octanol–water partition coefficient (Wildman–Crippen LogP) is 2.16. The van der Waals surface area contributed by atoms with Crippen LogP contribution in [0.25, 0.3) is 0 Å². The van der Waals surface area contributed by atoms with E-state index in [4.69, 9.17) is 4.74 Å². The van der Waals surface area contributed by atoms with E-state index in [0.29, 0.717) is 24.0 Å². The van der Waals surface area contributed by atoms with Crippen LogP contribution in [0.5, 0.6) is 5.75 Å². The number of carbonyl (C=O) groups excluding carboxylic acids is 1. The zero-order valence-corrected chi connectivity index (χ0v) is 15.6. The van der Waals surface area contributed by atoms with E-state index in [2.05, 4.69) is 5.32 Å². The maximum atomic E-state index is 12.5. The second kappa shape index (κ2) is 7.23. The number of nitrogens with zero attached hydrogens (tertiary/aromatic N) is 1. The number of benzene rings is 1. The Morgan fingerprint density at radius 1 is 1.28 bits per heavy atom. The van der Waals surface area contributed by atoms with Gasteiger partial charge >= 0.3 is 0 Å². The predicted molar refractivity (Wildman–Crippen MR) is 97.2 cm³/mol. The molecule has 2 saturated carbocycles. The van der Waals surface area contributed by atoms with Gasteiger partial charge in [0.15, 0.2) is 0 Å². The molecule has 7 heteroatoms. The molecule has 0 heterocycles. The van der Waals surface area contributed by atoms with Gasteiger partial charge in [-0.05, 0) is 50.2 Å². The van der Waals surface area contributed by atoms with Gasteiger partial charge in [0.1, 0.15) is 12.3 Å². The minimum Gasteiger partial charge on any atom is -0.492 e. The average molecular weight is 366 g/mol. The molecule has 0 saturated heterocycles. The molecule has 138 valence electrons. The summed E-state index contributed by atoms with van der Waals surface area (Å²) in [4.78, 5) is 12.5. The third-order valence-corrected chi connectivity index (χ3v) is 6.33. The maximum Gasteiger partial charge on any atom is 0.241 e. The summed E-state index contributed by atoms with van der Waals surface area (Å²) in [7, 11) is -3.61. The molecule has 0 radical (unpaired) electrons. The first-order valence-corrected chi connectivity index (χ1v) is 10.7. The second-order valence-corrected chi connectivity index (χ2v) is 8.93. The molecule has 2 aliphatic carbocycles. The highest BCUT2D eigenvalue weighted by Crippen LogP contribution is 2.44. The molecule has 1 N–H and O–H groups in total. The van der Waals surface area contributed by atoms with E-state index in [1.807, 2.05) is 6.92 Å². The van der Waals surface area contributed by atoms with Gasteiger partial charge in [0, 0.05) is 6.04 Å². The fourth-order valence-electron chi connectivity index (χ4n) is 4.13. The van der Waals surface area contributed by atoms with E-state index in [9.17, 15) is 13.2 Å². The molecule has 0 spiro atoms. The van der Waals surface area contributed by atoms with E-state index < -0.39 is 10.0 Å². The number of ether oxygens (including phenoxy) is 1. The molecule has 0 unspecified atom stereocenters. The Morgan fingerprint density at radius 2 is 2.04 bits per heavy atom. The zero-order valence-electron chi connectivity index (χ0n) is 14.8. The first kappa shape index (κ1) is 18.0. The van der Waals surface area contributed by atoms with Gasteiger partial charge in [-0.1, -0.05) is 18.6 Å². The van der Waals surface area contributed by atoms with Crippen LogP contribution in [-0.4, -0.2) is 39.8 Å². The topological polar surface area (TPSA) is 75.7 Å². The quantitative estimate of drug-likeness (QED) is 0.802. The first-order valence-electron chi connectivity index (χ1n) is 8.87. The summed E-state index contributed by atoms with van der Waals surface area (Å²) in [6.07, 6.45) is 5.74. The van der Waals surface area contributed by atoms with E-state index in [-0.39, 0.29) is 18.5 Å². The van der Waals surface area contributed by atoms with Crippen LogP contribution < -0.4 is 14.4 Å². The molecule has 1 aromatic rings. The van der Waals surface area contributed by atoms with Crippen molar-refractivity contribution in [1.29, 1.82) is 0 Å². The van der Waals surface area contributed by atoms with Crippen LogP contribution in [0.3, 0.4) is 0 Å². The Kier molecular flexibility index (Phi) is 5.22. The molecular formula is C18H26N2O4S. The minimum atomic E-state index is -3.61. The van der Waals surface area contributed by atoms with Gasteiger partial charge in [0.2, 0.25) is 15.9 Å². The summed E-state index contributed by atoms with van der Waals surface area (Å²) in [6, 6.07) is 7.09. The molecule has 1 amide bonds. The minimum absolute atomic E-state index is 0.190. The lowest BCUT2D eigenvalue weighted by Crippen LogP contribution is -2.45. The van der Waals surface area contributed by atoms with Gasteiger partial charge in [0.05, 0.1) is 18.6 Å². The van der Waals surface area contributed by atoms with Gasteiger partial charge in [-0.3, -0.25) is 9.10 Å². The van der Waals surface area contributed by atoms with Crippen molar-refractivity contribution in [3.8, 4) is 5.75 Å². The fraction of sp³-hybridized carbons (Fsp3) is 0.611. The lowest BCUT2D eigenvalue weighted by atomic mass is 9.95. The molecular weight excluding hydrogens is 340 g/mol. The van der Waals surface area contributed by atoms with E-state index in [1.54, 1.807) is 24.3 Å². The number of sulfonamides is 1. The van der Waals surface area contributed by atoms with Crippen LogP contribution >= 0.6 is 0 Å². The Hall–Kier alpha value is -1.76. The molecule has 0 aromatic heterocycles. The van der Waals surface area contributed by atoms with Crippen molar-refractivity contribution in [3.05, 3.63) is 24.3 Å². The number of carbonyl (C=O) groups is 1. The summed E-state index contributed by atoms with van der Waals surface area (Å²) in [5.41, 5.74) is 0.398. The number of anilines is 1. The summed E-state index contributed by atoms with van der Waals surface area (Å²) < 4.78 is 31.2. The van der Waals surface area contributed by atoms with E-state index in [1.165, 1.54) is 19.3 Å². The van der Waals surface area contributed by atoms with Gasteiger partial charge in [-0.2, -0.15) is 0 Å². The largest absolute Gasteiger partial charge is 0.492 e. The standard InChI is InChI=1S/C18H26N2O4S/c1-3-24-17-7-5-4-6-16(17)20(25(2,22)23)12-18(21)19-15-11-13-8-9-14(15)10-13/h4-7,13-15H,3,8-12H2,1-2H3,(H,19,21)/t13-,14+,15+/m0/s1. The van der Waals surface area contributed by atoms with Crippen LogP contribution in [-0.2, 0) is 14.8 Å². The number of nitrogens with one attached hydrogen (secondary N) is 1. The number of para-hydroxylation sites is 2. The summed E-state index contributed by atoms with van der Waals surface area (Å²) in [5.74, 6) is 1.48. The second-order valence-electron chi connectivity index (χ2n) is 7.02. The number of hydrogen-bond donors (Lipinski definition) is 1. The van der Waals surface area contributed by atoms with Gasteiger partial charge in [-0.25, -0.2) is 8.42 Å². The lowest BCUT2D eigenvalue weighted by molar-refractivity contribution is -0.120. The van der Waals surface area contributed by atoms with Gasteiger partial charge < -0.3 is 10.1 Å². The highest BCUT2D eigenvalue weighted by Gasteiger charge is 2.40. The summed E-state index contributed by atoms with van der Waals surface area (Å²) >= 11 is 0. The van der Waals surface area contributed by atoms with Crippen molar-refractivity contribution in [1.82, 2.24) is 5.32 Å². The fourth-order valence-corrected chi connectivity index (χ4v) is 4.99. The van der Waals surface area contributed by atoms with Crippen LogP contribution in [0.15, 0.2) is 24.3 Å². The molecule has 0 aliphatic heterocycles. The van der Waals surface area contributed by atoms with Crippen molar-refractivity contribution < 1.29 is 17.9 Å². The molecule has 2 bridgehead atoms. The summed E-state index contributed by atoms with van der Waals surface area (Å²) in [5, 5.41) is 3.05. The smallest absolute Gasteiger partial charge is 0.241 e. The van der Waals surface area contributed by atoms with Crippen LogP contribution in [0.1, 0.15) is 32.6 Å². The SMILES string of the molecule is CCOc1ccccc1N(CC(=O)N[C@@H]1C[C@H]2CC[C@@H]1C2)S(C)(=O)=O. The van der Waals surface area contributed by atoms with E-state index >= 15 is 0 Å². The monoisotopic (exact) mass is 366 g/mol. The number of amides is 1. The number of fused-ring (bicyclic) bond motifs is 2. The van der Waals surface area contributed by atoms with E-state index in [0.717, 1.165) is 22.9 Å². The maximum absolute atomic E-state index is 12.5. The van der Waals surface area contributed by atoms with Crippen molar-refractivity contribution in [3.63, 3.8) is 0 Å². The number of rotatable bonds is 7. The molecule has 2 aliphatic rings. The molecule has 1 aromatic carbocycles. The normalized spacial score (nSPS) is 25.0. The molecule has 6 nitrogen and oxygen atoms in total. The Bertz CT molecular complexity index is 734. The molecule has 2 fully saturated rings. The Balaban J connectivity index is 1.75. The highest BCUT2D eigenvalue weighted by molar-refractivity contribution is 7.92. The molecule has 3 rings (SSSR count). The van der Waals surface area contributed by atoms with Crippen molar-refractivity contribution >= 4 is 21.6 Å². The van der Waals surface area contributed by atoms with Gasteiger partial charge in [-0.15, -0.1) is 0 Å². The number of hydrogen-bond acceptors (Lipinski definition) is 4. The molecule has 25 heavy (non-hydrogen) atoms. The van der Waals surface area contributed by atoms with Crippen molar-refractivity contribution in [2.24, 2.45) is 11.8 Å². The highest BCUT2D eigenvalue weighted by atomic mass is 32.2.